The lowest BCUT2D eigenvalue weighted by Crippen LogP contribution is -2.48. The minimum Gasteiger partial charge on any atom is -0.377 e. The third-order valence-electron chi connectivity index (χ3n) is 3.10. The molecule has 4 nitrogen and oxygen atoms in total. The molecule has 0 saturated carbocycles. The van der Waals surface area contributed by atoms with E-state index in [0.717, 1.165) is 35.3 Å². The molecule has 1 atom stereocenters. The Morgan fingerprint density at radius 2 is 2.38 bits per heavy atom. The number of piperidine rings is 1. The van der Waals surface area contributed by atoms with E-state index in [1.54, 1.807) is 13.4 Å². The maximum Gasteiger partial charge on any atom is 0.145 e. The lowest BCUT2D eigenvalue weighted by atomic mass is 9.95. The molecule has 0 aromatic carbocycles. The molecular weight excluding hydrogens is 317 g/mol. The fourth-order valence-electron chi connectivity index (χ4n) is 2.09. The highest BCUT2D eigenvalue weighted by Crippen LogP contribution is 2.28. The largest absolute Gasteiger partial charge is 0.377 e. The van der Waals surface area contributed by atoms with Crippen LogP contribution in [-0.4, -0.2) is 35.8 Å². The molecule has 1 saturated heterocycles. The zero-order valence-electron chi connectivity index (χ0n) is 9.61. The van der Waals surface area contributed by atoms with Crippen molar-refractivity contribution < 1.29 is 4.74 Å². The van der Waals surface area contributed by atoms with E-state index < -0.39 is 0 Å². The van der Waals surface area contributed by atoms with E-state index in [4.69, 9.17) is 4.74 Å². The molecule has 0 bridgehead atoms. The molecule has 0 radical (unpaired) electrons. The fourth-order valence-corrected chi connectivity index (χ4v) is 2.73. The van der Waals surface area contributed by atoms with Crippen LogP contribution in [-0.2, 0) is 4.74 Å². The van der Waals surface area contributed by atoms with Gasteiger partial charge >= 0.3 is 0 Å². The van der Waals surface area contributed by atoms with Gasteiger partial charge < -0.3 is 9.64 Å². The van der Waals surface area contributed by atoms with E-state index in [9.17, 15) is 0 Å². The van der Waals surface area contributed by atoms with Crippen LogP contribution in [0.1, 0.15) is 19.8 Å². The predicted octanol–water partition coefficient (Wildman–Crippen LogP) is 2.09. The first-order valence-electron chi connectivity index (χ1n) is 5.40. The van der Waals surface area contributed by atoms with E-state index in [2.05, 4.69) is 44.4 Å². The molecule has 88 valence electrons. The van der Waals surface area contributed by atoms with E-state index in [0.29, 0.717) is 0 Å². The lowest BCUT2D eigenvalue weighted by Gasteiger charge is -2.40. The Bertz CT molecular complexity index is 374. The van der Waals surface area contributed by atoms with Gasteiger partial charge in [-0.25, -0.2) is 9.97 Å². The highest BCUT2D eigenvalue weighted by Gasteiger charge is 2.31. The van der Waals surface area contributed by atoms with Gasteiger partial charge in [0.2, 0.25) is 0 Å². The van der Waals surface area contributed by atoms with E-state index in [1.807, 2.05) is 6.20 Å². The van der Waals surface area contributed by atoms with Crippen molar-refractivity contribution in [1.29, 1.82) is 0 Å². The summed E-state index contributed by atoms with van der Waals surface area (Å²) in [4.78, 5) is 10.7. The number of nitrogens with zero attached hydrogens (tertiary/aromatic N) is 3. The third kappa shape index (κ3) is 2.45. The van der Waals surface area contributed by atoms with Crippen molar-refractivity contribution in [1.82, 2.24) is 9.97 Å². The van der Waals surface area contributed by atoms with Crippen LogP contribution in [0, 0.1) is 3.57 Å². The normalized spacial score (nSPS) is 25.8. The summed E-state index contributed by atoms with van der Waals surface area (Å²) in [6, 6.07) is 0. The zero-order chi connectivity index (χ0) is 11.6. The first kappa shape index (κ1) is 12.0. The van der Waals surface area contributed by atoms with Crippen molar-refractivity contribution in [3.63, 3.8) is 0 Å². The van der Waals surface area contributed by atoms with E-state index in [1.165, 1.54) is 0 Å². The molecule has 1 aromatic rings. The molecule has 0 spiro atoms. The number of rotatable bonds is 2. The van der Waals surface area contributed by atoms with Gasteiger partial charge in [-0.1, -0.05) is 0 Å². The standard InChI is InChI=1S/C11H16IN3O/c1-11(16-2)4-3-5-15(7-11)10-9(12)6-13-8-14-10/h6,8H,3-5,7H2,1-2H3. The molecule has 0 N–H and O–H groups in total. The van der Waals surface area contributed by atoms with Crippen molar-refractivity contribution >= 4 is 28.4 Å². The summed E-state index contributed by atoms with van der Waals surface area (Å²) in [5, 5.41) is 0. The average molecular weight is 333 g/mol. The molecule has 0 aliphatic carbocycles. The molecule has 0 amide bonds. The number of anilines is 1. The van der Waals surface area contributed by atoms with Gasteiger partial charge in [0.05, 0.1) is 9.17 Å². The third-order valence-corrected chi connectivity index (χ3v) is 3.86. The van der Waals surface area contributed by atoms with Crippen LogP contribution in [0.25, 0.3) is 0 Å². The SMILES string of the molecule is COC1(C)CCCN(c2ncncc2I)C1. The van der Waals surface area contributed by atoms with Crippen LogP contribution >= 0.6 is 22.6 Å². The Kier molecular flexibility index (Phi) is 3.63. The van der Waals surface area contributed by atoms with Gasteiger partial charge in [0.25, 0.3) is 0 Å². The van der Waals surface area contributed by atoms with Crippen LogP contribution in [0.3, 0.4) is 0 Å². The Morgan fingerprint density at radius 1 is 1.56 bits per heavy atom. The van der Waals surface area contributed by atoms with Crippen LogP contribution in [0.2, 0.25) is 0 Å². The van der Waals surface area contributed by atoms with Crippen LogP contribution in [0.15, 0.2) is 12.5 Å². The lowest BCUT2D eigenvalue weighted by molar-refractivity contribution is -0.00485. The van der Waals surface area contributed by atoms with Crippen LogP contribution in [0.4, 0.5) is 5.82 Å². The number of methoxy groups -OCH3 is 1. The topological polar surface area (TPSA) is 38.2 Å². The van der Waals surface area contributed by atoms with Crippen LogP contribution < -0.4 is 4.90 Å². The minimum absolute atomic E-state index is 0.0493. The molecule has 16 heavy (non-hydrogen) atoms. The molecule has 1 aliphatic rings. The Hall–Kier alpha value is -0.430. The molecule has 1 fully saturated rings. The Labute approximate surface area is 110 Å². The van der Waals surface area contributed by atoms with Crippen molar-refractivity contribution in [3.05, 3.63) is 16.1 Å². The maximum atomic E-state index is 5.58. The number of halogens is 1. The number of aromatic nitrogens is 2. The van der Waals surface area contributed by atoms with Gasteiger partial charge in [-0.3, -0.25) is 0 Å². The monoisotopic (exact) mass is 333 g/mol. The number of hydrogen-bond donors (Lipinski definition) is 0. The highest BCUT2D eigenvalue weighted by molar-refractivity contribution is 14.1. The molecule has 1 aromatic heterocycles. The first-order valence-corrected chi connectivity index (χ1v) is 6.48. The maximum absolute atomic E-state index is 5.58. The summed E-state index contributed by atoms with van der Waals surface area (Å²) >= 11 is 2.28. The van der Waals surface area contributed by atoms with E-state index >= 15 is 0 Å². The quantitative estimate of drug-likeness (QED) is 0.777. The molecule has 1 unspecified atom stereocenters. The summed E-state index contributed by atoms with van der Waals surface area (Å²) in [7, 11) is 1.79. The molecule has 1 aliphatic heterocycles. The average Bonchev–Trinajstić information content (AvgIpc) is 2.30. The summed E-state index contributed by atoms with van der Waals surface area (Å²) in [6.07, 6.45) is 5.71. The smallest absolute Gasteiger partial charge is 0.145 e. The van der Waals surface area contributed by atoms with Crippen molar-refractivity contribution in [2.75, 3.05) is 25.1 Å². The Balaban J connectivity index is 2.19. The molecule has 2 heterocycles. The summed E-state index contributed by atoms with van der Waals surface area (Å²) in [5.41, 5.74) is -0.0493. The van der Waals surface area contributed by atoms with Crippen LogP contribution in [0.5, 0.6) is 0 Å². The number of ether oxygens (including phenoxy) is 1. The molecular formula is C11H16IN3O. The second kappa shape index (κ2) is 4.83. The minimum atomic E-state index is -0.0493. The molecule has 5 heteroatoms. The van der Waals surface area contributed by atoms with Gasteiger partial charge in [0, 0.05) is 26.4 Å². The Morgan fingerprint density at radius 3 is 3.06 bits per heavy atom. The van der Waals surface area contributed by atoms with Gasteiger partial charge in [-0.05, 0) is 42.4 Å². The van der Waals surface area contributed by atoms with Gasteiger partial charge in [0.1, 0.15) is 12.1 Å². The van der Waals surface area contributed by atoms with Gasteiger partial charge in [0.15, 0.2) is 0 Å². The predicted molar refractivity (Wildman–Crippen MR) is 71.6 cm³/mol. The van der Waals surface area contributed by atoms with Gasteiger partial charge in [-0.15, -0.1) is 0 Å². The summed E-state index contributed by atoms with van der Waals surface area (Å²) < 4.78 is 6.68. The fraction of sp³-hybridized carbons (Fsp3) is 0.636. The van der Waals surface area contributed by atoms with Gasteiger partial charge in [-0.2, -0.15) is 0 Å². The first-order chi connectivity index (χ1) is 7.64. The summed E-state index contributed by atoms with van der Waals surface area (Å²) in [5.74, 6) is 1.03. The van der Waals surface area contributed by atoms with Crippen molar-refractivity contribution in [3.8, 4) is 0 Å². The van der Waals surface area contributed by atoms with E-state index in [-0.39, 0.29) is 5.60 Å². The van der Waals surface area contributed by atoms with Crippen molar-refractivity contribution in [2.45, 2.75) is 25.4 Å². The summed E-state index contributed by atoms with van der Waals surface area (Å²) in [6.45, 7) is 4.11. The zero-order valence-corrected chi connectivity index (χ0v) is 11.8. The number of hydrogen-bond acceptors (Lipinski definition) is 4. The van der Waals surface area contributed by atoms with Crippen molar-refractivity contribution in [2.24, 2.45) is 0 Å². The second-order valence-electron chi connectivity index (χ2n) is 4.37. The molecule has 2 rings (SSSR count). The highest BCUT2D eigenvalue weighted by atomic mass is 127. The second-order valence-corrected chi connectivity index (χ2v) is 5.54.